The molecule has 1 heteroatoms. The Balaban J connectivity index is 3.37. The number of hydrogen-bond acceptors (Lipinski definition) is 1. The fraction of sp³-hybridized carbons (Fsp3) is 0.857. The van der Waals surface area contributed by atoms with E-state index in [4.69, 9.17) is 4.74 Å². The molecule has 1 nitrogen and oxygen atoms in total. The minimum absolute atomic E-state index is 0.0295. The van der Waals surface area contributed by atoms with Crippen molar-refractivity contribution in [2.75, 3.05) is 7.11 Å². The van der Waals surface area contributed by atoms with Crippen LogP contribution in [0, 0.1) is 6.92 Å². The molecule has 0 aliphatic carbocycles. The molecule has 0 saturated carbocycles. The van der Waals surface area contributed by atoms with Crippen molar-refractivity contribution < 1.29 is 4.74 Å². The van der Waals surface area contributed by atoms with Gasteiger partial charge in [0.25, 0.3) is 0 Å². The minimum Gasteiger partial charge on any atom is -0.379 e. The molecule has 0 aromatic rings. The van der Waals surface area contributed by atoms with Gasteiger partial charge in [-0.15, -0.1) is 0 Å². The molecule has 0 bridgehead atoms. The van der Waals surface area contributed by atoms with Gasteiger partial charge in [0.1, 0.15) is 0 Å². The van der Waals surface area contributed by atoms with Gasteiger partial charge in [0.15, 0.2) is 0 Å². The quantitative estimate of drug-likeness (QED) is 0.546. The van der Waals surface area contributed by atoms with Gasteiger partial charge >= 0.3 is 0 Å². The highest BCUT2D eigenvalue weighted by atomic mass is 16.5. The molecule has 49 valence electrons. The first-order valence-electron chi connectivity index (χ1n) is 2.97. The van der Waals surface area contributed by atoms with Crippen LogP contribution in [0.1, 0.15) is 26.7 Å². The van der Waals surface area contributed by atoms with E-state index < -0.39 is 0 Å². The molecular formula is C7H15O. The Morgan fingerprint density at radius 1 is 1.50 bits per heavy atom. The molecule has 0 aliphatic rings. The van der Waals surface area contributed by atoms with Crippen LogP contribution in [0.25, 0.3) is 0 Å². The van der Waals surface area contributed by atoms with Crippen LogP contribution in [0.4, 0.5) is 0 Å². The average Bonchev–Trinajstić information content (AvgIpc) is 1.67. The van der Waals surface area contributed by atoms with Crippen molar-refractivity contribution in [1.29, 1.82) is 0 Å². The van der Waals surface area contributed by atoms with E-state index in [1.54, 1.807) is 7.11 Å². The highest BCUT2D eigenvalue weighted by Gasteiger charge is 2.13. The molecule has 0 amide bonds. The Kier molecular flexibility index (Phi) is 3.06. The third-order valence-corrected chi connectivity index (χ3v) is 1.33. The van der Waals surface area contributed by atoms with Crippen LogP contribution in [0.15, 0.2) is 0 Å². The number of hydrogen-bond donors (Lipinski definition) is 0. The van der Waals surface area contributed by atoms with Gasteiger partial charge in [0, 0.05) is 7.11 Å². The Bertz CT molecular complexity index is 57.4. The van der Waals surface area contributed by atoms with E-state index in [2.05, 4.69) is 20.8 Å². The minimum atomic E-state index is 0.0295. The summed E-state index contributed by atoms with van der Waals surface area (Å²) in [5.74, 6) is 0. The molecule has 0 aromatic carbocycles. The number of ether oxygens (including phenoxy) is 1. The van der Waals surface area contributed by atoms with Crippen LogP contribution < -0.4 is 0 Å². The zero-order valence-corrected chi connectivity index (χ0v) is 6.03. The van der Waals surface area contributed by atoms with Crippen LogP contribution in [-0.2, 0) is 4.74 Å². The van der Waals surface area contributed by atoms with E-state index in [0.717, 1.165) is 12.8 Å². The molecule has 0 aliphatic heterocycles. The molecule has 0 saturated heterocycles. The largest absolute Gasteiger partial charge is 0.379 e. The van der Waals surface area contributed by atoms with Crippen LogP contribution in [0.3, 0.4) is 0 Å². The van der Waals surface area contributed by atoms with E-state index >= 15 is 0 Å². The second kappa shape index (κ2) is 3.08. The second-order valence-electron chi connectivity index (χ2n) is 2.57. The lowest BCUT2D eigenvalue weighted by atomic mass is 10.0. The Labute approximate surface area is 52.0 Å². The molecule has 0 rings (SSSR count). The van der Waals surface area contributed by atoms with Gasteiger partial charge in [0.2, 0.25) is 0 Å². The van der Waals surface area contributed by atoms with Crippen LogP contribution >= 0.6 is 0 Å². The normalized spacial score (nSPS) is 12.0. The van der Waals surface area contributed by atoms with Gasteiger partial charge in [-0.3, -0.25) is 0 Å². The van der Waals surface area contributed by atoms with Crippen molar-refractivity contribution >= 4 is 0 Å². The first-order valence-corrected chi connectivity index (χ1v) is 2.97. The highest BCUT2D eigenvalue weighted by molar-refractivity contribution is 4.67. The fourth-order valence-corrected chi connectivity index (χ4v) is 0.528. The maximum atomic E-state index is 5.14. The SMILES string of the molecule is [CH2]CCC(C)(C)OC. The summed E-state index contributed by atoms with van der Waals surface area (Å²) in [7, 11) is 1.73. The summed E-state index contributed by atoms with van der Waals surface area (Å²) in [5.41, 5.74) is 0.0295. The third kappa shape index (κ3) is 3.03. The predicted molar refractivity (Wildman–Crippen MR) is 35.7 cm³/mol. The van der Waals surface area contributed by atoms with Gasteiger partial charge in [-0.25, -0.2) is 0 Å². The van der Waals surface area contributed by atoms with Crippen molar-refractivity contribution in [3.63, 3.8) is 0 Å². The lowest BCUT2D eigenvalue weighted by molar-refractivity contribution is 0.0162. The lowest BCUT2D eigenvalue weighted by Gasteiger charge is -2.21. The van der Waals surface area contributed by atoms with Crippen LogP contribution in [-0.4, -0.2) is 12.7 Å². The summed E-state index contributed by atoms with van der Waals surface area (Å²) in [6, 6.07) is 0. The molecule has 1 radical (unpaired) electrons. The monoisotopic (exact) mass is 115 g/mol. The summed E-state index contributed by atoms with van der Waals surface area (Å²) >= 11 is 0. The topological polar surface area (TPSA) is 9.23 Å². The van der Waals surface area contributed by atoms with E-state index in [1.807, 2.05) is 0 Å². The molecule has 0 fully saturated rings. The summed E-state index contributed by atoms with van der Waals surface area (Å²) in [5, 5.41) is 0. The molecule has 0 spiro atoms. The molecule has 0 atom stereocenters. The van der Waals surface area contributed by atoms with Crippen molar-refractivity contribution in [1.82, 2.24) is 0 Å². The zero-order valence-electron chi connectivity index (χ0n) is 6.03. The molecule has 0 N–H and O–H groups in total. The maximum absolute atomic E-state index is 5.14. The van der Waals surface area contributed by atoms with Crippen LogP contribution in [0.5, 0.6) is 0 Å². The first kappa shape index (κ1) is 7.96. The Morgan fingerprint density at radius 2 is 2.00 bits per heavy atom. The fourth-order valence-electron chi connectivity index (χ4n) is 0.528. The molecule has 0 heterocycles. The highest BCUT2D eigenvalue weighted by Crippen LogP contribution is 2.13. The van der Waals surface area contributed by atoms with Crippen LogP contribution in [0.2, 0.25) is 0 Å². The predicted octanol–water partition coefficient (Wildman–Crippen LogP) is 2.03. The third-order valence-electron chi connectivity index (χ3n) is 1.33. The summed E-state index contributed by atoms with van der Waals surface area (Å²) in [4.78, 5) is 0. The summed E-state index contributed by atoms with van der Waals surface area (Å²) in [6.45, 7) is 7.87. The van der Waals surface area contributed by atoms with E-state index in [0.29, 0.717) is 0 Å². The van der Waals surface area contributed by atoms with Crippen molar-refractivity contribution in [2.45, 2.75) is 32.3 Å². The van der Waals surface area contributed by atoms with Crippen molar-refractivity contribution in [3.05, 3.63) is 6.92 Å². The second-order valence-corrected chi connectivity index (χ2v) is 2.57. The zero-order chi connectivity index (χ0) is 6.62. The first-order chi connectivity index (χ1) is 3.62. The van der Waals surface area contributed by atoms with E-state index in [-0.39, 0.29) is 5.60 Å². The Morgan fingerprint density at radius 3 is 2.12 bits per heavy atom. The van der Waals surface area contributed by atoms with Gasteiger partial charge in [-0.1, -0.05) is 13.3 Å². The summed E-state index contributed by atoms with van der Waals surface area (Å²) < 4.78 is 5.14. The van der Waals surface area contributed by atoms with Gasteiger partial charge in [0.05, 0.1) is 5.60 Å². The van der Waals surface area contributed by atoms with E-state index in [1.165, 1.54) is 0 Å². The standard InChI is InChI=1S/C7H15O/c1-5-6-7(2,3)8-4/h1,5-6H2,2-4H3. The smallest absolute Gasteiger partial charge is 0.0622 e. The summed E-state index contributed by atoms with van der Waals surface area (Å²) in [6.07, 6.45) is 1.98. The maximum Gasteiger partial charge on any atom is 0.0622 e. The number of rotatable bonds is 3. The molecule has 0 unspecified atom stereocenters. The van der Waals surface area contributed by atoms with Crippen molar-refractivity contribution in [2.24, 2.45) is 0 Å². The average molecular weight is 115 g/mol. The molecule has 0 aromatic heterocycles. The Hall–Kier alpha value is -0.0400. The van der Waals surface area contributed by atoms with E-state index in [9.17, 15) is 0 Å². The molecule has 8 heavy (non-hydrogen) atoms. The number of methoxy groups -OCH3 is 1. The van der Waals surface area contributed by atoms with Gasteiger partial charge in [-0.2, -0.15) is 0 Å². The molecular weight excluding hydrogens is 100 g/mol. The van der Waals surface area contributed by atoms with Crippen molar-refractivity contribution in [3.8, 4) is 0 Å². The lowest BCUT2D eigenvalue weighted by Crippen LogP contribution is -2.21. The van der Waals surface area contributed by atoms with Gasteiger partial charge in [-0.05, 0) is 20.3 Å². The van der Waals surface area contributed by atoms with Gasteiger partial charge < -0.3 is 4.74 Å².